The third-order valence-electron chi connectivity index (χ3n) is 2.11. The van der Waals surface area contributed by atoms with Gasteiger partial charge in [-0.3, -0.25) is 4.90 Å². The van der Waals surface area contributed by atoms with Crippen LogP contribution in [0.2, 0.25) is 0 Å². The summed E-state index contributed by atoms with van der Waals surface area (Å²) in [4.78, 5) is 1.47. The number of rotatable bonds is 1. The summed E-state index contributed by atoms with van der Waals surface area (Å²) in [6.07, 6.45) is -2.41. The molecule has 1 fully saturated rings. The van der Waals surface area contributed by atoms with E-state index in [1.165, 1.54) is 10.8 Å². The Balaban J connectivity index is 2.26. The SMILES string of the molecule is C[C]1CCN(CC(F)(F)F)CC1. The number of nitrogens with zero attached hydrogens (tertiary/aromatic N) is 1. The van der Waals surface area contributed by atoms with Crippen LogP contribution >= 0.6 is 0 Å². The van der Waals surface area contributed by atoms with Crippen molar-refractivity contribution in [3.63, 3.8) is 0 Å². The molecule has 1 nitrogen and oxygen atoms in total. The molecule has 4 heteroatoms. The van der Waals surface area contributed by atoms with Crippen LogP contribution in [-0.2, 0) is 0 Å². The normalized spacial score (nSPS) is 23.0. The summed E-state index contributed by atoms with van der Waals surface area (Å²) < 4.78 is 35.7. The molecule has 12 heavy (non-hydrogen) atoms. The fourth-order valence-corrected chi connectivity index (χ4v) is 1.35. The minimum atomic E-state index is -4.04. The van der Waals surface area contributed by atoms with E-state index in [9.17, 15) is 13.2 Å². The molecule has 0 spiro atoms. The monoisotopic (exact) mass is 180 g/mol. The average Bonchev–Trinajstić information content (AvgIpc) is 1.91. The first-order valence-corrected chi connectivity index (χ1v) is 4.08. The summed E-state index contributed by atoms with van der Waals surface area (Å²) in [5, 5.41) is 0. The highest BCUT2D eigenvalue weighted by Gasteiger charge is 2.31. The third-order valence-corrected chi connectivity index (χ3v) is 2.11. The van der Waals surface area contributed by atoms with Crippen molar-refractivity contribution in [2.45, 2.75) is 25.9 Å². The molecule has 0 unspecified atom stereocenters. The molecule has 0 aromatic rings. The van der Waals surface area contributed by atoms with E-state index in [-0.39, 0.29) is 0 Å². The van der Waals surface area contributed by atoms with E-state index >= 15 is 0 Å². The Morgan fingerprint density at radius 2 is 1.75 bits per heavy atom. The molecule has 0 aromatic heterocycles. The van der Waals surface area contributed by atoms with Crippen LogP contribution in [0.3, 0.4) is 0 Å². The molecule has 0 bridgehead atoms. The number of hydrogen-bond acceptors (Lipinski definition) is 1. The highest BCUT2D eigenvalue weighted by Crippen LogP contribution is 2.22. The van der Waals surface area contributed by atoms with E-state index in [1.807, 2.05) is 6.92 Å². The summed E-state index contributed by atoms with van der Waals surface area (Å²) in [6, 6.07) is 0. The van der Waals surface area contributed by atoms with Crippen LogP contribution in [0, 0.1) is 5.92 Å². The number of halogens is 3. The second-order valence-corrected chi connectivity index (χ2v) is 3.35. The van der Waals surface area contributed by atoms with Gasteiger partial charge in [-0.1, -0.05) is 6.92 Å². The van der Waals surface area contributed by atoms with Crippen LogP contribution in [0.4, 0.5) is 13.2 Å². The maximum Gasteiger partial charge on any atom is 0.401 e. The minimum Gasteiger partial charge on any atom is -0.295 e. The van der Waals surface area contributed by atoms with E-state index in [4.69, 9.17) is 0 Å². The first-order valence-electron chi connectivity index (χ1n) is 4.08. The van der Waals surface area contributed by atoms with E-state index in [1.54, 1.807) is 0 Å². The van der Waals surface area contributed by atoms with Crippen molar-refractivity contribution in [2.75, 3.05) is 19.6 Å². The highest BCUT2D eigenvalue weighted by atomic mass is 19.4. The topological polar surface area (TPSA) is 3.24 Å². The smallest absolute Gasteiger partial charge is 0.295 e. The van der Waals surface area contributed by atoms with Crippen molar-refractivity contribution >= 4 is 0 Å². The molecular formula is C8H13F3N. The van der Waals surface area contributed by atoms with Crippen LogP contribution in [0.15, 0.2) is 0 Å². The zero-order chi connectivity index (χ0) is 9.19. The van der Waals surface area contributed by atoms with Gasteiger partial charge in [0.15, 0.2) is 0 Å². The van der Waals surface area contributed by atoms with Gasteiger partial charge >= 0.3 is 6.18 Å². The Labute approximate surface area is 70.5 Å². The largest absolute Gasteiger partial charge is 0.401 e. The van der Waals surface area contributed by atoms with E-state index in [2.05, 4.69) is 0 Å². The molecule has 0 N–H and O–H groups in total. The number of alkyl halides is 3. The fourth-order valence-electron chi connectivity index (χ4n) is 1.35. The molecule has 1 rings (SSSR count). The lowest BCUT2D eigenvalue weighted by molar-refractivity contribution is -0.147. The summed E-state index contributed by atoms with van der Waals surface area (Å²) in [6.45, 7) is 2.38. The van der Waals surface area contributed by atoms with Crippen LogP contribution in [0.1, 0.15) is 19.8 Å². The van der Waals surface area contributed by atoms with Crippen LogP contribution in [0.25, 0.3) is 0 Å². The summed E-state index contributed by atoms with van der Waals surface area (Å²) in [7, 11) is 0. The van der Waals surface area contributed by atoms with Crippen LogP contribution < -0.4 is 0 Å². The fraction of sp³-hybridized carbons (Fsp3) is 0.875. The molecule has 1 saturated heterocycles. The van der Waals surface area contributed by atoms with Gasteiger partial charge < -0.3 is 0 Å². The molecule has 0 saturated carbocycles. The maximum atomic E-state index is 11.9. The molecule has 71 valence electrons. The Bertz CT molecular complexity index is 136. The highest BCUT2D eigenvalue weighted by molar-refractivity contribution is 4.90. The Morgan fingerprint density at radius 3 is 2.17 bits per heavy atom. The van der Waals surface area contributed by atoms with Gasteiger partial charge in [0.2, 0.25) is 0 Å². The van der Waals surface area contributed by atoms with E-state index < -0.39 is 12.7 Å². The molecule has 1 radical (unpaired) electrons. The van der Waals surface area contributed by atoms with Crippen molar-refractivity contribution in [3.8, 4) is 0 Å². The Morgan fingerprint density at radius 1 is 1.25 bits per heavy atom. The van der Waals surface area contributed by atoms with E-state index in [0.29, 0.717) is 13.1 Å². The van der Waals surface area contributed by atoms with Crippen molar-refractivity contribution in [3.05, 3.63) is 5.92 Å². The second kappa shape index (κ2) is 3.64. The van der Waals surface area contributed by atoms with Gasteiger partial charge in [0.25, 0.3) is 0 Å². The molecule has 0 atom stereocenters. The molecule has 1 aliphatic heterocycles. The van der Waals surface area contributed by atoms with Crippen LogP contribution in [-0.4, -0.2) is 30.7 Å². The van der Waals surface area contributed by atoms with Crippen molar-refractivity contribution in [1.29, 1.82) is 0 Å². The Hall–Kier alpha value is -0.250. The lowest BCUT2D eigenvalue weighted by Crippen LogP contribution is -2.39. The number of hydrogen-bond donors (Lipinski definition) is 0. The van der Waals surface area contributed by atoms with Gasteiger partial charge in [-0.15, -0.1) is 0 Å². The standard InChI is InChI=1S/C8H13F3N/c1-7-2-4-12(5-3-7)6-8(9,10)11/h2-6H2,1H3. The van der Waals surface area contributed by atoms with Gasteiger partial charge in [-0.25, -0.2) is 0 Å². The van der Waals surface area contributed by atoms with Gasteiger partial charge in [0.1, 0.15) is 0 Å². The quantitative estimate of drug-likeness (QED) is 0.598. The number of likely N-dealkylation sites (tertiary alicyclic amines) is 1. The summed E-state index contributed by atoms with van der Waals surface area (Å²) in [5.74, 6) is 1.31. The van der Waals surface area contributed by atoms with Gasteiger partial charge in [-0.2, -0.15) is 13.2 Å². The predicted molar refractivity (Wildman–Crippen MR) is 40.6 cm³/mol. The molecule has 1 heterocycles. The van der Waals surface area contributed by atoms with Gasteiger partial charge in [0.05, 0.1) is 6.54 Å². The third kappa shape index (κ3) is 3.43. The zero-order valence-corrected chi connectivity index (χ0v) is 7.12. The van der Waals surface area contributed by atoms with Crippen molar-refractivity contribution < 1.29 is 13.2 Å². The van der Waals surface area contributed by atoms with Gasteiger partial charge in [0, 0.05) is 0 Å². The maximum absolute atomic E-state index is 11.9. The first kappa shape index (κ1) is 9.84. The second-order valence-electron chi connectivity index (χ2n) is 3.35. The molecule has 0 amide bonds. The molecule has 0 aromatic carbocycles. The lowest BCUT2D eigenvalue weighted by Gasteiger charge is -2.30. The predicted octanol–water partition coefficient (Wildman–Crippen LogP) is 2.24. The lowest BCUT2D eigenvalue weighted by atomic mass is 9.99. The molecular weight excluding hydrogens is 167 g/mol. The van der Waals surface area contributed by atoms with Gasteiger partial charge in [-0.05, 0) is 31.8 Å². The first-order chi connectivity index (χ1) is 5.47. The Kier molecular flexibility index (Phi) is 2.99. The zero-order valence-electron chi connectivity index (χ0n) is 7.12. The van der Waals surface area contributed by atoms with E-state index in [0.717, 1.165) is 12.8 Å². The summed E-state index contributed by atoms with van der Waals surface area (Å²) in [5.41, 5.74) is 0. The van der Waals surface area contributed by atoms with Crippen molar-refractivity contribution in [2.24, 2.45) is 0 Å². The molecule has 1 aliphatic rings. The summed E-state index contributed by atoms with van der Waals surface area (Å²) >= 11 is 0. The average molecular weight is 180 g/mol. The van der Waals surface area contributed by atoms with Crippen LogP contribution in [0.5, 0.6) is 0 Å². The minimum absolute atomic E-state index is 0.561. The molecule has 0 aliphatic carbocycles. The number of piperidine rings is 1. The van der Waals surface area contributed by atoms with Crippen molar-refractivity contribution in [1.82, 2.24) is 4.90 Å².